The van der Waals surface area contributed by atoms with Crippen molar-refractivity contribution in [3.05, 3.63) is 70.0 Å². The molecule has 0 aliphatic carbocycles. The zero-order valence-electron chi connectivity index (χ0n) is 25.2. The number of hydrogen-bond acceptors (Lipinski definition) is 8. The summed E-state index contributed by atoms with van der Waals surface area (Å²) in [6.45, 7) is 13.4. The molecule has 1 amide bonds. The highest BCUT2D eigenvalue weighted by Gasteiger charge is 2.35. The van der Waals surface area contributed by atoms with E-state index in [1.165, 1.54) is 28.8 Å². The van der Waals surface area contributed by atoms with E-state index >= 15 is 4.39 Å². The first-order chi connectivity index (χ1) is 20.7. The van der Waals surface area contributed by atoms with Crippen LogP contribution in [0.4, 0.5) is 10.2 Å². The molecule has 14 heteroatoms. The van der Waals surface area contributed by atoms with Crippen molar-refractivity contribution in [2.75, 3.05) is 44.0 Å². The van der Waals surface area contributed by atoms with Crippen LogP contribution in [0.1, 0.15) is 25.5 Å². The van der Waals surface area contributed by atoms with Gasteiger partial charge in [0.1, 0.15) is 23.2 Å². The molecule has 0 unspecified atom stereocenters. The number of phenolic OH excluding ortho intramolecular Hbond substituents is 1. The number of phenols is 1. The van der Waals surface area contributed by atoms with Gasteiger partial charge in [0.15, 0.2) is 5.65 Å². The number of aromatic nitrogens is 5. The van der Waals surface area contributed by atoms with Crippen LogP contribution in [0.3, 0.4) is 0 Å². The molecule has 232 valence electrons. The normalized spacial score (nSPS) is 15.8. The molecule has 0 spiro atoms. The zero-order chi connectivity index (χ0) is 32.1. The number of carbonyl (C=O) groups is 1. The van der Waals surface area contributed by atoms with Gasteiger partial charge in [-0.25, -0.2) is 23.4 Å². The molecule has 1 aliphatic rings. The van der Waals surface area contributed by atoms with Crippen LogP contribution < -0.4 is 10.6 Å². The molecule has 3 aromatic heterocycles. The molecule has 1 N–H and O–H groups in total. The van der Waals surface area contributed by atoms with E-state index in [1.54, 1.807) is 42.1 Å². The summed E-state index contributed by atoms with van der Waals surface area (Å²) in [6.07, 6.45) is 3.12. The fourth-order valence-corrected chi connectivity index (χ4v) is 7.24. The third kappa shape index (κ3) is 5.76. The number of rotatable bonds is 7. The number of nitrogens with zero attached hydrogens (tertiary/aromatic N) is 7. The molecule has 1 aliphatic heterocycles. The lowest BCUT2D eigenvalue weighted by atomic mass is 10.1. The second-order valence-electron chi connectivity index (χ2n) is 11.7. The Hall–Kier alpha value is -4.02. The summed E-state index contributed by atoms with van der Waals surface area (Å²) in [4.78, 5) is 39.3. The molecule has 1 atom stereocenters. The molecule has 44 heavy (non-hydrogen) atoms. The number of carbonyl (C=O) groups excluding carboxylic acids is 1. The maximum atomic E-state index is 15.1. The highest BCUT2D eigenvalue weighted by Crippen LogP contribution is 2.41. The quantitative estimate of drug-likeness (QED) is 0.224. The number of halogens is 2. The number of aromatic hydroxyl groups is 1. The van der Waals surface area contributed by atoms with Crippen LogP contribution >= 0.6 is 18.7 Å². The first-order valence-electron chi connectivity index (χ1n) is 14.1. The van der Waals surface area contributed by atoms with Crippen LogP contribution in [0.15, 0.2) is 47.9 Å². The molecule has 4 heterocycles. The van der Waals surface area contributed by atoms with Crippen LogP contribution in [0.2, 0.25) is 5.02 Å². The second-order valence-corrected chi connectivity index (χ2v) is 15.6. The number of benzene rings is 1. The highest BCUT2D eigenvalue weighted by atomic mass is 35.5. The van der Waals surface area contributed by atoms with Crippen molar-refractivity contribution in [2.45, 2.75) is 32.9 Å². The fourth-order valence-electron chi connectivity index (χ4n) is 5.66. The molecule has 11 nitrogen and oxygen atoms in total. The minimum atomic E-state index is -2.61. The van der Waals surface area contributed by atoms with Gasteiger partial charge < -0.3 is 19.5 Å². The van der Waals surface area contributed by atoms with E-state index in [4.69, 9.17) is 16.6 Å². The summed E-state index contributed by atoms with van der Waals surface area (Å²) in [5.41, 5.74) is -0.143. The number of fused-ring (bicyclic) bond motifs is 1. The lowest BCUT2D eigenvalue weighted by Gasteiger charge is -2.42. The van der Waals surface area contributed by atoms with Gasteiger partial charge in [0.2, 0.25) is 5.91 Å². The van der Waals surface area contributed by atoms with Gasteiger partial charge in [-0.1, -0.05) is 24.2 Å². The van der Waals surface area contributed by atoms with E-state index in [1.807, 2.05) is 18.7 Å². The summed E-state index contributed by atoms with van der Waals surface area (Å²) in [5.74, 6) is -0.680. The number of amides is 1. The topological polar surface area (TPSA) is 126 Å². The number of aryl methyl sites for hydroxylation is 1. The van der Waals surface area contributed by atoms with Crippen molar-refractivity contribution in [1.82, 2.24) is 29.2 Å². The predicted octanol–water partition coefficient (Wildman–Crippen LogP) is 4.86. The SMILES string of the molecule is C=CC(=O)N1CCN(c2nc(=O)n(-c3c(C)cnn3C(C)C)c3nc(-c4c(O)cccc4F)c(Cl)cc23)[C@@H](CP(C)(C)=O)C1. The number of anilines is 1. The van der Waals surface area contributed by atoms with E-state index in [0.29, 0.717) is 23.3 Å². The highest BCUT2D eigenvalue weighted by molar-refractivity contribution is 7.62. The monoisotopic (exact) mass is 641 g/mol. The van der Waals surface area contributed by atoms with E-state index in [9.17, 15) is 19.3 Å². The Labute approximate surface area is 259 Å². The smallest absolute Gasteiger partial charge is 0.357 e. The Morgan fingerprint density at radius 1 is 1.27 bits per heavy atom. The van der Waals surface area contributed by atoms with Crippen LogP contribution in [0.5, 0.6) is 5.75 Å². The summed E-state index contributed by atoms with van der Waals surface area (Å²) >= 11 is 6.75. The summed E-state index contributed by atoms with van der Waals surface area (Å²) in [6, 6.07) is 4.84. The lowest BCUT2D eigenvalue weighted by Crippen LogP contribution is -2.56. The molecule has 1 aromatic carbocycles. The Morgan fingerprint density at radius 3 is 2.64 bits per heavy atom. The maximum Gasteiger partial charge on any atom is 0.357 e. The van der Waals surface area contributed by atoms with E-state index in [0.717, 1.165) is 0 Å². The molecule has 4 aromatic rings. The van der Waals surface area contributed by atoms with Crippen molar-refractivity contribution in [2.24, 2.45) is 0 Å². The fraction of sp³-hybridized carbons (Fsp3) is 0.367. The predicted molar refractivity (Wildman–Crippen MR) is 170 cm³/mol. The van der Waals surface area contributed by atoms with E-state index < -0.39 is 24.7 Å². The Bertz CT molecular complexity index is 1880. The van der Waals surface area contributed by atoms with Gasteiger partial charge in [0.05, 0.1) is 41.0 Å². The largest absolute Gasteiger partial charge is 0.507 e. The molecule has 1 saturated heterocycles. The summed E-state index contributed by atoms with van der Waals surface area (Å²) < 4.78 is 31.1. The van der Waals surface area contributed by atoms with Crippen molar-refractivity contribution in [3.8, 4) is 22.8 Å². The van der Waals surface area contributed by atoms with Gasteiger partial charge in [-0.3, -0.25) is 4.79 Å². The Kier molecular flexibility index (Phi) is 8.43. The van der Waals surface area contributed by atoms with E-state index in [-0.39, 0.29) is 64.7 Å². The minimum absolute atomic E-state index is 0.0221. The molecule has 0 saturated carbocycles. The van der Waals surface area contributed by atoms with Crippen molar-refractivity contribution in [1.29, 1.82) is 0 Å². The van der Waals surface area contributed by atoms with Crippen molar-refractivity contribution >= 4 is 41.5 Å². The Balaban J connectivity index is 1.83. The zero-order valence-corrected chi connectivity index (χ0v) is 26.8. The average Bonchev–Trinajstić information content (AvgIpc) is 3.33. The summed E-state index contributed by atoms with van der Waals surface area (Å²) in [5, 5.41) is 15.4. The minimum Gasteiger partial charge on any atom is -0.507 e. The molecular formula is C30H34ClFN7O4P. The third-order valence-corrected chi connectivity index (χ3v) is 9.16. The molecule has 0 radical (unpaired) electrons. The van der Waals surface area contributed by atoms with Gasteiger partial charge in [0.25, 0.3) is 0 Å². The number of hydrogen-bond donors (Lipinski definition) is 1. The number of pyridine rings is 1. The summed E-state index contributed by atoms with van der Waals surface area (Å²) in [7, 11) is -2.61. The van der Waals surface area contributed by atoms with Crippen molar-refractivity contribution in [3.63, 3.8) is 0 Å². The first kappa shape index (κ1) is 31.4. The van der Waals surface area contributed by atoms with Gasteiger partial charge in [0, 0.05) is 37.4 Å². The molecule has 0 bridgehead atoms. The number of piperazine rings is 1. The Morgan fingerprint density at radius 2 is 2.00 bits per heavy atom. The molecule has 5 rings (SSSR count). The van der Waals surface area contributed by atoms with E-state index in [2.05, 4.69) is 16.7 Å². The molecule has 1 fully saturated rings. The first-order valence-corrected chi connectivity index (χ1v) is 17.3. The second kappa shape index (κ2) is 11.8. The average molecular weight is 642 g/mol. The maximum absolute atomic E-state index is 15.1. The van der Waals surface area contributed by atoms with Gasteiger partial charge in [-0.2, -0.15) is 10.1 Å². The molecular weight excluding hydrogens is 608 g/mol. The standard InChI is InChI=1S/C30H34ClFN7O4P/c1-7-24(41)36-11-12-37(19(15-36)16-44(5,6)43)27-20-13-21(31)26(25-22(32)9-8-10-23(25)40)34-28(20)38(30(42)35-27)29-18(4)14-33-39(29)17(2)3/h7-10,13-14,17,19,40H,1,11-12,15-16H2,2-6H3/t19-/m1/s1. The van der Waals surface area contributed by atoms with Crippen LogP contribution in [0, 0.1) is 12.7 Å². The van der Waals surface area contributed by atoms with Gasteiger partial charge in [-0.15, -0.1) is 0 Å². The third-order valence-electron chi connectivity index (χ3n) is 7.57. The van der Waals surface area contributed by atoms with Crippen LogP contribution in [0.25, 0.3) is 28.1 Å². The van der Waals surface area contributed by atoms with Crippen molar-refractivity contribution < 1.29 is 18.9 Å². The van der Waals surface area contributed by atoms with Gasteiger partial charge >= 0.3 is 5.69 Å². The lowest BCUT2D eigenvalue weighted by molar-refractivity contribution is -0.126. The van der Waals surface area contributed by atoms with Gasteiger partial charge in [-0.05, 0) is 58.4 Å². The van der Waals surface area contributed by atoms with Crippen LogP contribution in [-0.2, 0) is 9.36 Å². The van der Waals surface area contributed by atoms with Crippen LogP contribution in [-0.4, -0.2) is 85.4 Å².